The summed E-state index contributed by atoms with van der Waals surface area (Å²) in [6.45, 7) is 6.14. The van der Waals surface area contributed by atoms with Gasteiger partial charge < -0.3 is 4.55 Å². The van der Waals surface area contributed by atoms with E-state index in [9.17, 15) is 17.8 Å². The van der Waals surface area contributed by atoms with Crippen LogP contribution in [-0.2, 0) is 19.4 Å². The zero-order chi connectivity index (χ0) is 24.1. The van der Waals surface area contributed by atoms with E-state index in [1.807, 2.05) is 11.2 Å². The highest BCUT2D eigenvalue weighted by Crippen LogP contribution is 2.17. The lowest BCUT2D eigenvalue weighted by molar-refractivity contribution is -0.439. The van der Waals surface area contributed by atoms with Crippen LogP contribution in [0, 0.1) is 5.92 Å². The lowest BCUT2D eigenvalue weighted by atomic mass is 9.96. The van der Waals surface area contributed by atoms with E-state index in [1.54, 1.807) is 0 Å². The van der Waals surface area contributed by atoms with Crippen LogP contribution in [0.4, 0.5) is 0 Å². The minimum atomic E-state index is -4.41. The third-order valence-corrected chi connectivity index (χ3v) is 6.05. The SMILES string of the molecule is CCCCCCCCC=CCCCCCCC(CC)C(=O)N1C=[NH+]CC1.COS(=O)(=O)[O-]. The summed E-state index contributed by atoms with van der Waals surface area (Å²) in [4.78, 5) is 17.4. The van der Waals surface area contributed by atoms with Crippen molar-refractivity contribution < 1.29 is 26.9 Å². The molecule has 0 saturated carbocycles. The lowest BCUT2D eigenvalue weighted by Crippen LogP contribution is -2.66. The first kappa shape index (κ1) is 30.8. The first-order chi connectivity index (χ1) is 15.4. The third kappa shape index (κ3) is 18.3. The number of hydrogen-bond donors (Lipinski definition) is 1. The number of unbranched alkanes of at least 4 members (excludes halogenated alkanes) is 10. The summed E-state index contributed by atoms with van der Waals surface area (Å²) in [6, 6.07) is 0. The standard InChI is InChI=1S/C23H42N2O.CH4O4S/c1-3-5-6-7-8-9-10-11-12-13-14-15-16-17-18-22(4-2)23(26)25-20-19-24-21-25;1-5-6(2,3)4/h11-12,21-22H,3-10,13-20H2,1-2H3;1H3,(H,2,3,4). The number of nitrogens with zero attached hydrogens (tertiary/aromatic N) is 1. The molecule has 1 rings (SSSR count). The smallest absolute Gasteiger partial charge is 0.312 e. The lowest BCUT2D eigenvalue weighted by Gasteiger charge is -2.14. The van der Waals surface area contributed by atoms with Crippen molar-refractivity contribution in [2.24, 2.45) is 5.92 Å². The summed E-state index contributed by atoms with van der Waals surface area (Å²) in [5, 5.41) is 0. The summed E-state index contributed by atoms with van der Waals surface area (Å²) < 4.78 is 31.0. The number of hydrogen-bond acceptors (Lipinski definition) is 5. The molecule has 1 atom stereocenters. The van der Waals surface area contributed by atoms with Crippen LogP contribution >= 0.6 is 0 Å². The predicted octanol–water partition coefficient (Wildman–Crippen LogP) is 3.70. The Bertz CT molecular complexity index is 620. The molecule has 0 aromatic rings. The molecule has 1 aliphatic heterocycles. The summed E-state index contributed by atoms with van der Waals surface area (Å²) in [6.07, 6.45) is 24.5. The molecule has 1 unspecified atom stereocenters. The molecule has 0 aliphatic carbocycles. The van der Waals surface area contributed by atoms with E-state index in [1.165, 1.54) is 77.0 Å². The molecule has 0 fully saturated rings. The zero-order valence-corrected chi connectivity index (χ0v) is 21.3. The van der Waals surface area contributed by atoms with E-state index in [0.29, 0.717) is 5.91 Å². The van der Waals surface area contributed by atoms with Crippen LogP contribution in [0.1, 0.15) is 104 Å². The Kier molecular flexibility index (Phi) is 19.6. The van der Waals surface area contributed by atoms with E-state index < -0.39 is 10.4 Å². The number of amides is 1. The van der Waals surface area contributed by atoms with Crippen LogP contribution in [-0.4, -0.2) is 50.3 Å². The molecular formula is C24H46N2O5S. The summed E-state index contributed by atoms with van der Waals surface area (Å²) >= 11 is 0. The molecule has 8 heteroatoms. The van der Waals surface area contributed by atoms with Crippen molar-refractivity contribution in [3.05, 3.63) is 12.2 Å². The summed E-state index contributed by atoms with van der Waals surface area (Å²) in [7, 11) is -3.60. The second-order valence-corrected chi connectivity index (χ2v) is 9.46. The Hall–Kier alpha value is -1.25. The van der Waals surface area contributed by atoms with Gasteiger partial charge in [-0.05, 0) is 38.5 Å². The maximum Gasteiger partial charge on any atom is 0.312 e. The van der Waals surface area contributed by atoms with E-state index in [4.69, 9.17) is 0 Å². The van der Waals surface area contributed by atoms with Gasteiger partial charge in [0.25, 0.3) is 0 Å². The van der Waals surface area contributed by atoms with Gasteiger partial charge in [0.05, 0.1) is 13.0 Å². The second kappa shape index (κ2) is 20.4. The van der Waals surface area contributed by atoms with Crippen LogP contribution in [0.25, 0.3) is 0 Å². The van der Waals surface area contributed by atoms with Crippen molar-refractivity contribution >= 4 is 22.6 Å². The maximum absolute atomic E-state index is 12.4. The van der Waals surface area contributed by atoms with E-state index >= 15 is 0 Å². The van der Waals surface area contributed by atoms with Crippen molar-refractivity contribution in [1.29, 1.82) is 0 Å². The van der Waals surface area contributed by atoms with Crippen molar-refractivity contribution in [1.82, 2.24) is 4.90 Å². The fraction of sp³-hybridized carbons (Fsp3) is 0.833. The molecule has 0 saturated heterocycles. The summed E-state index contributed by atoms with van der Waals surface area (Å²) in [5.41, 5.74) is 0. The molecule has 0 spiro atoms. The molecule has 0 aromatic heterocycles. The number of carbonyl (C=O) groups is 1. The Morgan fingerprint density at radius 3 is 2.03 bits per heavy atom. The third-order valence-electron chi connectivity index (χ3n) is 5.64. The van der Waals surface area contributed by atoms with Crippen molar-refractivity contribution in [3.63, 3.8) is 0 Å². The fourth-order valence-electron chi connectivity index (χ4n) is 3.62. The monoisotopic (exact) mass is 474 g/mol. The van der Waals surface area contributed by atoms with Crippen LogP contribution in [0.2, 0.25) is 0 Å². The topological polar surface area (TPSA) is 101 Å². The molecule has 32 heavy (non-hydrogen) atoms. The van der Waals surface area contributed by atoms with Gasteiger partial charge in [-0.25, -0.2) is 13.2 Å². The molecule has 7 nitrogen and oxygen atoms in total. The Morgan fingerprint density at radius 1 is 1.03 bits per heavy atom. The highest BCUT2D eigenvalue weighted by atomic mass is 32.3. The average molecular weight is 475 g/mol. The molecule has 0 aromatic carbocycles. The number of carbonyl (C=O) groups excluding carboxylic acids is 1. The molecule has 1 heterocycles. The zero-order valence-electron chi connectivity index (χ0n) is 20.5. The summed E-state index contributed by atoms with van der Waals surface area (Å²) in [5.74, 6) is 0.526. The van der Waals surface area contributed by atoms with Gasteiger partial charge in [-0.1, -0.05) is 77.4 Å². The molecule has 1 aliphatic rings. The first-order valence-electron chi connectivity index (χ1n) is 12.4. The maximum atomic E-state index is 12.4. The number of nitrogens with one attached hydrogen (secondary N) is 1. The molecule has 1 N–H and O–H groups in total. The Balaban J connectivity index is 0.00000140. The number of allylic oxidation sites excluding steroid dienone is 2. The highest BCUT2D eigenvalue weighted by molar-refractivity contribution is 7.80. The van der Waals surface area contributed by atoms with E-state index in [0.717, 1.165) is 33.0 Å². The normalized spacial score (nSPS) is 14.6. The van der Waals surface area contributed by atoms with Crippen LogP contribution in [0.15, 0.2) is 12.2 Å². The van der Waals surface area contributed by atoms with Gasteiger partial charge in [0.2, 0.25) is 16.7 Å². The Morgan fingerprint density at radius 2 is 1.56 bits per heavy atom. The predicted molar refractivity (Wildman–Crippen MR) is 129 cm³/mol. The first-order valence-corrected chi connectivity index (χ1v) is 13.7. The molecule has 1 amide bonds. The largest absolute Gasteiger partial charge is 0.726 e. The highest BCUT2D eigenvalue weighted by Gasteiger charge is 2.28. The van der Waals surface area contributed by atoms with Crippen molar-refractivity contribution in [3.8, 4) is 0 Å². The van der Waals surface area contributed by atoms with Crippen LogP contribution in [0.3, 0.4) is 0 Å². The van der Waals surface area contributed by atoms with E-state index in [-0.39, 0.29) is 5.92 Å². The van der Waals surface area contributed by atoms with Crippen molar-refractivity contribution in [2.75, 3.05) is 20.2 Å². The molecule has 0 radical (unpaired) electrons. The minimum absolute atomic E-state index is 0.211. The van der Waals surface area contributed by atoms with Gasteiger partial charge >= 0.3 is 5.91 Å². The number of rotatable bonds is 17. The van der Waals surface area contributed by atoms with Crippen LogP contribution in [0.5, 0.6) is 0 Å². The van der Waals surface area contributed by atoms with E-state index in [2.05, 4.69) is 35.2 Å². The van der Waals surface area contributed by atoms with Gasteiger partial charge in [-0.3, -0.25) is 9.18 Å². The van der Waals surface area contributed by atoms with Gasteiger partial charge in [-0.2, -0.15) is 4.90 Å². The quantitative estimate of drug-likeness (QED) is 0.150. The molecule has 188 valence electrons. The van der Waals surface area contributed by atoms with Gasteiger partial charge in [0, 0.05) is 0 Å². The van der Waals surface area contributed by atoms with Gasteiger partial charge in [-0.15, -0.1) is 0 Å². The molecular weight excluding hydrogens is 428 g/mol. The van der Waals surface area contributed by atoms with Gasteiger partial charge in [0.15, 0.2) is 0 Å². The van der Waals surface area contributed by atoms with Crippen molar-refractivity contribution in [2.45, 2.75) is 104 Å². The Labute approximate surface area is 196 Å². The van der Waals surface area contributed by atoms with Gasteiger partial charge in [0.1, 0.15) is 13.1 Å². The average Bonchev–Trinajstić information content (AvgIpc) is 3.31. The fourth-order valence-corrected chi connectivity index (χ4v) is 3.62. The van der Waals surface area contributed by atoms with Crippen LogP contribution < -0.4 is 4.99 Å². The molecule has 0 bridgehead atoms. The second-order valence-electron chi connectivity index (χ2n) is 8.31. The minimum Gasteiger partial charge on any atom is -0.726 e.